The zero-order valence-corrected chi connectivity index (χ0v) is 11.5. The highest BCUT2D eigenvalue weighted by atomic mass is 79.9. The lowest BCUT2D eigenvalue weighted by atomic mass is 10.3. The van der Waals surface area contributed by atoms with Crippen LogP contribution in [0.2, 0.25) is 0 Å². The minimum atomic E-state index is -3.77. The van der Waals surface area contributed by atoms with Gasteiger partial charge >= 0.3 is 0 Å². The van der Waals surface area contributed by atoms with E-state index in [2.05, 4.69) is 25.0 Å². The molecule has 1 N–H and O–H groups in total. The molecule has 1 heterocycles. The monoisotopic (exact) mass is 324 g/mol. The average molecular weight is 325 g/mol. The molecular formula is C8H9BrN2O3S2. The molecule has 0 saturated heterocycles. The molecule has 0 bridgehead atoms. The maximum Gasteiger partial charge on any atom is 0.276 e. The van der Waals surface area contributed by atoms with Gasteiger partial charge in [-0.3, -0.25) is 4.79 Å². The van der Waals surface area contributed by atoms with Crippen LogP contribution in [-0.2, 0) is 14.8 Å². The second kappa shape index (κ2) is 4.08. The number of halogens is 1. The van der Waals surface area contributed by atoms with Crippen LogP contribution in [0.3, 0.4) is 0 Å². The summed E-state index contributed by atoms with van der Waals surface area (Å²) < 4.78 is 29.8. The van der Waals surface area contributed by atoms with Crippen molar-refractivity contribution in [1.29, 1.82) is 0 Å². The Labute approximate surface area is 106 Å². The highest BCUT2D eigenvalue weighted by Gasteiger charge is 2.41. The summed E-state index contributed by atoms with van der Waals surface area (Å²) in [4.78, 5) is 11.5. The minimum Gasteiger partial charge on any atom is -0.274 e. The predicted molar refractivity (Wildman–Crippen MR) is 62.4 cm³/mol. The van der Waals surface area contributed by atoms with E-state index in [0.717, 1.165) is 18.0 Å². The van der Waals surface area contributed by atoms with Crippen LogP contribution >= 0.6 is 27.5 Å². The molecule has 8 heteroatoms. The molecule has 1 aromatic rings. The maximum absolute atomic E-state index is 11.8. The molecule has 1 aliphatic rings. The zero-order chi connectivity index (χ0) is 11.9. The zero-order valence-electron chi connectivity index (χ0n) is 8.31. The number of rotatable bonds is 3. The molecular weight excluding hydrogens is 316 g/mol. The summed E-state index contributed by atoms with van der Waals surface area (Å²) in [5.74, 6) is -0.311. The number of nitrogens with one attached hydrogen (secondary N) is 1. The molecule has 16 heavy (non-hydrogen) atoms. The summed E-state index contributed by atoms with van der Waals surface area (Å²) in [7, 11) is -3.77. The fourth-order valence-corrected chi connectivity index (χ4v) is 4.29. The number of sulfonamides is 1. The standard InChI is InChI=1S/C8H9BrN2O3S2/c1-4-2-5(4)7(12)11-16(13,14)8-6(9)3-10-15-8/h3-5H,2H2,1H3,(H,11,12). The number of hydrogen-bond acceptors (Lipinski definition) is 5. The fourth-order valence-electron chi connectivity index (χ4n) is 1.34. The Balaban J connectivity index is 2.15. The quantitative estimate of drug-likeness (QED) is 0.911. The van der Waals surface area contributed by atoms with Crippen molar-refractivity contribution in [1.82, 2.24) is 9.10 Å². The first-order valence-electron chi connectivity index (χ1n) is 4.58. The Morgan fingerprint density at radius 3 is 2.75 bits per heavy atom. The normalized spacial score (nSPS) is 24.1. The molecule has 2 rings (SSSR count). The van der Waals surface area contributed by atoms with Gasteiger partial charge in [-0.25, -0.2) is 13.1 Å². The van der Waals surface area contributed by atoms with Gasteiger partial charge in [0.2, 0.25) is 5.91 Å². The second-order valence-corrected chi connectivity index (χ2v) is 7.28. The Morgan fingerprint density at radius 1 is 1.69 bits per heavy atom. The van der Waals surface area contributed by atoms with Gasteiger partial charge in [0, 0.05) is 5.92 Å². The number of hydrogen-bond donors (Lipinski definition) is 1. The van der Waals surface area contributed by atoms with Crippen LogP contribution in [0.1, 0.15) is 13.3 Å². The van der Waals surface area contributed by atoms with Gasteiger partial charge in [0.1, 0.15) is 0 Å². The molecule has 1 aliphatic carbocycles. The molecule has 0 aliphatic heterocycles. The van der Waals surface area contributed by atoms with Gasteiger partial charge in [-0.1, -0.05) is 6.92 Å². The van der Waals surface area contributed by atoms with E-state index >= 15 is 0 Å². The lowest BCUT2D eigenvalue weighted by molar-refractivity contribution is -0.120. The third-order valence-electron chi connectivity index (χ3n) is 2.42. The Morgan fingerprint density at radius 2 is 2.31 bits per heavy atom. The fraction of sp³-hybridized carbons (Fsp3) is 0.500. The van der Waals surface area contributed by atoms with Crippen molar-refractivity contribution < 1.29 is 13.2 Å². The summed E-state index contributed by atoms with van der Waals surface area (Å²) in [6.07, 6.45) is 2.15. The van der Waals surface area contributed by atoms with Gasteiger partial charge in [-0.15, -0.1) is 0 Å². The van der Waals surface area contributed by atoms with Crippen LogP contribution in [0.4, 0.5) is 0 Å². The largest absolute Gasteiger partial charge is 0.276 e. The van der Waals surface area contributed by atoms with Gasteiger partial charge in [0.25, 0.3) is 10.0 Å². The van der Waals surface area contributed by atoms with E-state index in [-0.39, 0.29) is 16.0 Å². The SMILES string of the molecule is CC1CC1C(=O)NS(=O)(=O)c1sncc1Br. The number of amides is 1. The van der Waals surface area contributed by atoms with Crippen LogP contribution in [0, 0.1) is 11.8 Å². The second-order valence-electron chi connectivity index (χ2n) is 3.75. The number of aromatic nitrogens is 1. The number of carbonyl (C=O) groups is 1. The van der Waals surface area contributed by atoms with E-state index < -0.39 is 15.9 Å². The molecule has 0 aromatic carbocycles. The van der Waals surface area contributed by atoms with Crippen LogP contribution in [0.15, 0.2) is 14.9 Å². The summed E-state index contributed by atoms with van der Waals surface area (Å²) in [5, 5.41) is 0. The van der Waals surface area contributed by atoms with Crippen molar-refractivity contribution in [2.24, 2.45) is 11.8 Å². The molecule has 1 fully saturated rings. The van der Waals surface area contributed by atoms with Crippen molar-refractivity contribution in [2.45, 2.75) is 17.6 Å². The Hall–Kier alpha value is -0.470. The lowest BCUT2D eigenvalue weighted by Crippen LogP contribution is -2.31. The molecule has 1 amide bonds. The van der Waals surface area contributed by atoms with Crippen LogP contribution in [-0.4, -0.2) is 18.7 Å². The lowest BCUT2D eigenvalue weighted by Gasteiger charge is -2.03. The van der Waals surface area contributed by atoms with Crippen molar-refractivity contribution in [3.63, 3.8) is 0 Å². The van der Waals surface area contributed by atoms with Gasteiger partial charge < -0.3 is 0 Å². The smallest absolute Gasteiger partial charge is 0.274 e. The minimum absolute atomic E-state index is 0.0363. The van der Waals surface area contributed by atoms with Gasteiger partial charge in [-0.05, 0) is 39.8 Å². The van der Waals surface area contributed by atoms with E-state index in [0.29, 0.717) is 4.47 Å². The molecule has 2 atom stereocenters. The summed E-state index contributed by atoms with van der Waals surface area (Å²) >= 11 is 3.91. The van der Waals surface area contributed by atoms with Crippen LogP contribution in [0.5, 0.6) is 0 Å². The summed E-state index contributed by atoms with van der Waals surface area (Å²) in [6, 6.07) is 0. The van der Waals surface area contributed by atoms with E-state index in [9.17, 15) is 13.2 Å². The van der Waals surface area contributed by atoms with Crippen molar-refractivity contribution >= 4 is 43.4 Å². The number of nitrogens with zero attached hydrogens (tertiary/aromatic N) is 1. The van der Waals surface area contributed by atoms with Gasteiger partial charge in [-0.2, -0.15) is 4.37 Å². The summed E-state index contributed by atoms with van der Waals surface area (Å²) in [5.41, 5.74) is 0. The first-order valence-corrected chi connectivity index (χ1v) is 7.63. The van der Waals surface area contributed by atoms with Gasteiger partial charge in [0.15, 0.2) is 4.21 Å². The molecule has 5 nitrogen and oxygen atoms in total. The predicted octanol–water partition coefficient (Wildman–Crippen LogP) is 1.37. The third-order valence-corrected chi connectivity index (χ3v) is 6.20. The number of carbonyl (C=O) groups excluding carboxylic acids is 1. The Bertz CT molecular complexity index is 525. The topological polar surface area (TPSA) is 76.1 Å². The molecule has 0 radical (unpaired) electrons. The van der Waals surface area contributed by atoms with Crippen molar-refractivity contribution in [3.05, 3.63) is 10.7 Å². The van der Waals surface area contributed by atoms with Crippen molar-refractivity contribution in [2.75, 3.05) is 0 Å². The van der Waals surface area contributed by atoms with Crippen LogP contribution < -0.4 is 4.72 Å². The van der Waals surface area contributed by atoms with E-state index in [1.165, 1.54) is 6.20 Å². The molecule has 2 unspecified atom stereocenters. The highest BCUT2D eigenvalue weighted by molar-refractivity contribution is 9.10. The Kier molecular flexibility index (Phi) is 3.06. The van der Waals surface area contributed by atoms with E-state index in [1.807, 2.05) is 6.92 Å². The third kappa shape index (κ3) is 2.28. The first kappa shape index (κ1) is 12.0. The van der Waals surface area contributed by atoms with Crippen LogP contribution in [0.25, 0.3) is 0 Å². The first-order chi connectivity index (χ1) is 7.42. The molecule has 0 spiro atoms. The maximum atomic E-state index is 11.8. The van der Waals surface area contributed by atoms with Gasteiger partial charge in [0.05, 0.1) is 10.7 Å². The van der Waals surface area contributed by atoms with Crippen molar-refractivity contribution in [3.8, 4) is 0 Å². The molecule has 1 aromatic heterocycles. The van der Waals surface area contributed by atoms with E-state index in [4.69, 9.17) is 0 Å². The highest BCUT2D eigenvalue weighted by Crippen LogP contribution is 2.38. The summed E-state index contributed by atoms with van der Waals surface area (Å²) in [6.45, 7) is 1.92. The molecule has 88 valence electrons. The van der Waals surface area contributed by atoms with E-state index in [1.54, 1.807) is 0 Å². The molecule has 1 saturated carbocycles. The average Bonchev–Trinajstić information content (AvgIpc) is 2.72.